The van der Waals surface area contributed by atoms with Crippen LogP contribution in [0, 0.1) is 15.9 Å². The van der Waals surface area contributed by atoms with Crippen molar-refractivity contribution in [3.63, 3.8) is 0 Å². The maximum atomic E-state index is 14.4. The van der Waals surface area contributed by atoms with Gasteiger partial charge in [0.1, 0.15) is 18.4 Å². The lowest BCUT2D eigenvalue weighted by molar-refractivity contribution is -0.384. The van der Waals surface area contributed by atoms with E-state index >= 15 is 0 Å². The topological polar surface area (TPSA) is 130 Å². The largest absolute Gasteiger partial charge is 0.357 e. The van der Waals surface area contributed by atoms with E-state index in [4.69, 9.17) is 0 Å². The lowest BCUT2D eigenvalue weighted by atomic mass is 10.1. The van der Waals surface area contributed by atoms with Gasteiger partial charge < -0.3 is 10.2 Å². The molecule has 1 N–H and O–H groups in total. The number of sulfonamides is 1. The van der Waals surface area contributed by atoms with Gasteiger partial charge in [-0.2, -0.15) is 0 Å². The van der Waals surface area contributed by atoms with Gasteiger partial charge in [-0.1, -0.05) is 36.4 Å². The first-order valence-electron chi connectivity index (χ1n) is 11.1. The number of halogens is 1. The summed E-state index contributed by atoms with van der Waals surface area (Å²) in [6.07, 6.45) is 0. The van der Waals surface area contributed by atoms with Crippen molar-refractivity contribution in [3.05, 3.63) is 100 Å². The van der Waals surface area contributed by atoms with Crippen molar-refractivity contribution in [3.8, 4) is 0 Å². The molecule has 3 aromatic rings. The zero-order valence-corrected chi connectivity index (χ0v) is 20.9. The maximum absolute atomic E-state index is 14.4. The van der Waals surface area contributed by atoms with Crippen molar-refractivity contribution in [2.24, 2.45) is 0 Å². The van der Waals surface area contributed by atoms with Gasteiger partial charge >= 0.3 is 0 Å². The molecular weight excluding hydrogens is 503 g/mol. The molecule has 0 saturated carbocycles. The summed E-state index contributed by atoms with van der Waals surface area (Å²) in [5, 5.41) is 13.5. The molecule has 12 heteroatoms. The molecule has 194 valence electrons. The highest BCUT2D eigenvalue weighted by molar-refractivity contribution is 7.92. The van der Waals surface area contributed by atoms with Gasteiger partial charge in [0.05, 0.1) is 15.5 Å². The second kappa shape index (κ2) is 11.6. The van der Waals surface area contributed by atoms with E-state index in [0.717, 1.165) is 21.3 Å². The van der Waals surface area contributed by atoms with E-state index in [9.17, 15) is 32.5 Å². The van der Waals surface area contributed by atoms with Gasteiger partial charge in [0.2, 0.25) is 11.8 Å². The minimum Gasteiger partial charge on any atom is -0.357 e. The molecule has 0 spiro atoms. The van der Waals surface area contributed by atoms with E-state index in [1.54, 1.807) is 12.1 Å². The number of hydrogen-bond donors (Lipinski definition) is 1. The molecule has 3 rings (SSSR count). The lowest BCUT2D eigenvalue weighted by Gasteiger charge is -2.31. The van der Waals surface area contributed by atoms with Gasteiger partial charge in [-0.15, -0.1) is 0 Å². The number of benzene rings is 3. The molecule has 0 saturated heterocycles. The third kappa shape index (κ3) is 6.28. The molecule has 0 aromatic heterocycles. The van der Waals surface area contributed by atoms with Gasteiger partial charge in [0, 0.05) is 31.3 Å². The van der Waals surface area contributed by atoms with Crippen LogP contribution in [-0.2, 0) is 26.2 Å². The van der Waals surface area contributed by atoms with E-state index in [1.807, 2.05) is 0 Å². The fraction of sp³-hybridized carbons (Fsp3) is 0.200. The number of nitro groups is 1. The molecule has 37 heavy (non-hydrogen) atoms. The van der Waals surface area contributed by atoms with Gasteiger partial charge in [0.25, 0.3) is 15.7 Å². The number of carbonyl (C=O) groups is 2. The standard InChI is InChI=1S/C25H25FN4O6S/c1-18(25(32)27-2)28(16-19-8-6-7-11-23(19)26)24(31)17-29(20-12-14-21(15-13-20)30(33)34)37(35,36)22-9-4-3-5-10-22/h3-15,18H,16-17H2,1-2H3,(H,27,32). The number of hydrogen-bond acceptors (Lipinski definition) is 6. The Balaban J connectivity index is 2.05. The van der Waals surface area contributed by atoms with Crippen molar-refractivity contribution in [1.82, 2.24) is 10.2 Å². The minimum atomic E-state index is -4.31. The predicted octanol–water partition coefficient (Wildman–Crippen LogP) is 3.09. The van der Waals surface area contributed by atoms with Crippen LogP contribution in [0.3, 0.4) is 0 Å². The minimum absolute atomic E-state index is 0.00115. The summed E-state index contributed by atoms with van der Waals surface area (Å²) >= 11 is 0. The Morgan fingerprint density at radius 2 is 1.59 bits per heavy atom. The highest BCUT2D eigenvalue weighted by Crippen LogP contribution is 2.26. The first-order chi connectivity index (χ1) is 17.6. The molecule has 1 unspecified atom stereocenters. The molecule has 3 aromatic carbocycles. The average Bonchev–Trinajstić information content (AvgIpc) is 2.90. The van der Waals surface area contributed by atoms with Crippen LogP contribution < -0.4 is 9.62 Å². The molecule has 0 radical (unpaired) electrons. The number of nitrogens with one attached hydrogen (secondary N) is 1. The van der Waals surface area contributed by atoms with Crippen molar-refractivity contribution in [1.29, 1.82) is 0 Å². The molecule has 0 aliphatic rings. The number of anilines is 1. The summed E-state index contributed by atoms with van der Waals surface area (Å²) in [5.41, 5.74) is -0.123. The molecule has 0 aliphatic heterocycles. The summed E-state index contributed by atoms with van der Waals surface area (Å²) in [7, 11) is -2.92. The van der Waals surface area contributed by atoms with Crippen LogP contribution in [0.1, 0.15) is 12.5 Å². The molecular formula is C25H25FN4O6S. The smallest absolute Gasteiger partial charge is 0.269 e. The van der Waals surface area contributed by atoms with Crippen LogP contribution in [0.25, 0.3) is 0 Å². The van der Waals surface area contributed by atoms with E-state index in [1.165, 1.54) is 68.6 Å². The number of nitrogens with zero attached hydrogens (tertiary/aromatic N) is 3. The van der Waals surface area contributed by atoms with Gasteiger partial charge in [-0.25, -0.2) is 12.8 Å². The molecule has 1 atom stereocenters. The van der Waals surface area contributed by atoms with Crippen LogP contribution in [0.4, 0.5) is 15.8 Å². The summed E-state index contributed by atoms with van der Waals surface area (Å²) in [5.74, 6) is -1.90. The Morgan fingerprint density at radius 3 is 2.16 bits per heavy atom. The van der Waals surface area contributed by atoms with E-state index < -0.39 is 45.2 Å². The Bertz CT molecular complexity index is 1380. The molecule has 10 nitrogen and oxygen atoms in total. The Labute approximate surface area is 213 Å². The van der Waals surface area contributed by atoms with Gasteiger partial charge in [-0.05, 0) is 37.3 Å². The Hall–Kier alpha value is -4.32. The predicted molar refractivity (Wildman–Crippen MR) is 135 cm³/mol. The monoisotopic (exact) mass is 528 g/mol. The molecule has 0 aliphatic carbocycles. The van der Waals surface area contributed by atoms with Crippen LogP contribution >= 0.6 is 0 Å². The zero-order valence-electron chi connectivity index (χ0n) is 20.1. The normalized spacial score (nSPS) is 11.9. The van der Waals surface area contributed by atoms with Crippen LogP contribution in [0.2, 0.25) is 0 Å². The first kappa shape index (κ1) is 27.3. The van der Waals surface area contributed by atoms with E-state index in [2.05, 4.69) is 5.32 Å². The van der Waals surface area contributed by atoms with Crippen LogP contribution in [0.5, 0.6) is 0 Å². The van der Waals surface area contributed by atoms with Crippen molar-refractivity contribution in [2.45, 2.75) is 24.4 Å². The number of non-ortho nitro benzene ring substituents is 1. The molecule has 0 fully saturated rings. The summed E-state index contributed by atoms with van der Waals surface area (Å²) in [6.45, 7) is 0.407. The molecule has 0 heterocycles. The van der Waals surface area contributed by atoms with Gasteiger partial charge in [0.15, 0.2) is 0 Å². The Kier molecular flexibility index (Phi) is 8.56. The lowest BCUT2D eigenvalue weighted by Crippen LogP contribution is -2.50. The third-order valence-electron chi connectivity index (χ3n) is 5.67. The second-order valence-electron chi connectivity index (χ2n) is 8.00. The number of nitro benzene ring substituents is 1. The number of amides is 2. The summed E-state index contributed by atoms with van der Waals surface area (Å²) in [6, 6.07) is 16.7. The fourth-order valence-corrected chi connectivity index (χ4v) is 5.03. The molecule has 2 amide bonds. The number of likely N-dealkylation sites (N-methyl/N-ethyl adjacent to an activating group) is 1. The van der Waals surface area contributed by atoms with Crippen LogP contribution in [-0.4, -0.2) is 49.7 Å². The van der Waals surface area contributed by atoms with Crippen molar-refractivity contribution < 1.29 is 27.3 Å². The second-order valence-corrected chi connectivity index (χ2v) is 9.86. The van der Waals surface area contributed by atoms with E-state index in [0.29, 0.717) is 0 Å². The summed E-state index contributed by atoms with van der Waals surface area (Å²) < 4.78 is 42.3. The quantitative estimate of drug-likeness (QED) is 0.318. The fourth-order valence-electron chi connectivity index (χ4n) is 3.59. The van der Waals surface area contributed by atoms with Crippen molar-refractivity contribution in [2.75, 3.05) is 17.9 Å². The van der Waals surface area contributed by atoms with E-state index in [-0.39, 0.29) is 28.4 Å². The SMILES string of the molecule is CNC(=O)C(C)N(Cc1ccccc1F)C(=O)CN(c1ccc([N+](=O)[O-])cc1)S(=O)(=O)c1ccccc1. The first-order valence-corrected chi connectivity index (χ1v) is 12.6. The van der Waals surface area contributed by atoms with Crippen LogP contribution in [0.15, 0.2) is 83.8 Å². The highest BCUT2D eigenvalue weighted by Gasteiger charge is 2.32. The average molecular weight is 529 g/mol. The third-order valence-corrected chi connectivity index (χ3v) is 7.46. The highest BCUT2D eigenvalue weighted by atomic mass is 32.2. The maximum Gasteiger partial charge on any atom is 0.269 e. The number of carbonyl (C=O) groups excluding carboxylic acids is 2. The number of rotatable bonds is 10. The Morgan fingerprint density at radius 1 is 1.00 bits per heavy atom. The zero-order chi connectivity index (χ0) is 27.2. The van der Waals surface area contributed by atoms with Gasteiger partial charge in [-0.3, -0.25) is 24.0 Å². The molecule has 0 bridgehead atoms. The van der Waals surface area contributed by atoms with Crippen molar-refractivity contribution >= 4 is 33.2 Å². The summed E-state index contributed by atoms with van der Waals surface area (Å²) in [4.78, 5) is 37.4.